The van der Waals surface area contributed by atoms with Gasteiger partial charge in [-0.25, -0.2) is 9.66 Å². The van der Waals surface area contributed by atoms with Gasteiger partial charge >= 0.3 is 0 Å². The van der Waals surface area contributed by atoms with E-state index >= 15 is 0 Å². The summed E-state index contributed by atoms with van der Waals surface area (Å²) in [6, 6.07) is 13.0. The molecule has 3 aromatic heterocycles. The van der Waals surface area contributed by atoms with Gasteiger partial charge in [0.15, 0.2) is 0 Å². The van der Waals surface area contributed by atoms with E-state index in [1.807, 2.05) is 24.3 Å². The van der Waals surface area contributed by atoms with Gasteiger partial charge in [-0.05, 0) is 49.6 Å². The maximum Gasteiger partial charge on any atom is 0.281 e. The van der Waals surface area contributed by atoms with Crippen molar-refractivity contribution in [1.82, 2.24) is 14.6 Å². The molecule has 0 aliphatic rings. The summed E-state index contributed by atoms with van der Waals surface area (Å²) in [5.41, 5.74) is 5.04. The number of nitrogens with one attached hydrogen (secondary N) is 1. The summed E-state index contributed by atoms with van der Waals surface area (Å²) in [6.45, 7) is 3.45. The second-order valence-electron chi connectivity index (χ2n) is 6.22. The van der Waals surface area contributed by atoms with Crippen molar-refractivity contribution in [3.05, 3.63) is 79.8 Å². The Morgan fingerprint density at radius 3 is 2.71 bits per heavy atom. The van der Waals surface area contributed by atoms with Crippen LogP contribution < -0.4 is 11.0 Å². The second kappa shape index (κ2) is 7.29. The minimum absolute atomic E-state index is 0.298. The first-order chi connectivity index (χ1) is 13.4. The van der Waals surface area contributed by atoms with Crippen LogP contribution in [0, 0.1) is 13.8 Å². The van der Waals surface area contributed by atoms with E-state index in [9.17, 15) is 9.59 Å². The number of fused-ring (bicyclic) bond motifs is 1. The van der Waals surface area contributed by atoms with Gasteiger partial charge in [0.1, 0.15) is 10.7 Å². The Labute approximate surface area is 173 Å². The molecule has 0 spiro atoms. The molecule has 0 aliphatic heterocycles. The van der Waals surface area contributed by atoms with Crippen molar-refractivity contribution >= 4 is 43.4 Å². The van der Waals surface area contributed by atoms with Crippen LogP contribution in [0.25, 0.3) is 21.5 Å². The summed E-state index contributed by atoms with van der Waals surface area (Å²) in [4.78, 5) is 35.0. The zero-order valence-electron chi connectivity index (χ0n) is 15.1. The molecule has 8 heteroatoms. The summed E-state index contributed by atoms with van der Waals surface area (Å²) in [7, 11) is 0. The minimum Gasteiger partial charge on any atom is -0.267 e. The average Bonchev–Trinajstić information content (AvgIpc) is 3.13. The Morgan fingerprint density at radius 1 is 1.14 bits per heavy atom. The summed E-state index contributed by atoms with van der Waals surface area (Å²) >= 11 is 4.84. The van der Waals surface area contributed by atoms with Crippen LogP contribution in [0.1, 0.15) is 21.9 Å². The van der Waals surface area contributed by atoms with E-state index in [0.717, 1.165) is 15.7 Å². The van der Waals surface area contributed by atoms with E-state index in [1.165, 1.54) is 16.0 Å². The van der Waals surface area contributed by atoms with Gasteiger partial charge in [0.05, 0.1) is 22.3 Å². The maximum atomic E-state index is 12.8. The highest BCUT2D eigenvalue weighted by molar-refractivity contribution is 9.10. The molecule has 0 atom stereocenters. The molecule has 28 heavy (non-hydrogen) atoms. The Hall–Kier alpha value is -2.84. The van der Waals surface area contributed by atoms with Crippen LogP contribution in [-0.4, -0.2) is 20.6 Å². The Balaban J connectivity index is 1.67. The summed E-state index contributed by atoms with van der Waals surface area (Å²) in [6.07, 6.45) is 0. The maximum absolute atomic E-state index is 12.8. The topological polar surface area (TPSA) is 76.9 Å². The van der Waals surface area contributed by atoms with Crippen molar-refractivity contribution in [3.63, 3.8) is 0 Å². The normalized spacial score (nSPS) is 11.0. The van der Waals surface area contributed by atoms with E-state index in [4.69, 9.17) is 0 Å². The van der Waals surface area contributed by atoms with Gasteiger partial charge in [-0.2, -0.15) is 0 Å². The van der Waals surface area contributed by atoms with Gasteiger partial charge in [0, 0.05) is 10.0 Å². The number of benzene rings is 1. The number of carbonyl (C=O) groups is 1. The number of pyridine rings is 1. The third kappa shape index (κ3) is 3.36. The molecule has 1 aromatic carbocycles. The molecule has 4 rings (SSSR count). The van der Waals surface area contributed by atoms with Crippen molar-refractivity contribution in [1.29, 1.82) is 0 Å². The fraction of sp³-hybridized carbons (Fsp3) is 0.100. The molecule has 0 bridgehead atoms. The third-order valence-electron chi connectivity index (χ3n) is 4.33. The molecule has 4 aromatic rings. The smallest absolute Gasteiger partial charge is 0.267 e. The standard InChI is InChI=1S/C20H15BrN4O2S/c1-11-15(6-7-17(22-11)13-4-3-5-14(21)10-13)18(26)24-25-12(2)23-19-16(20(25)27)8-9-28-19/h3-10H,1-2H3,(H,24,26). The molecule has 0 unspecified atom stereocenters. The van der Waals surface area contributed by atoms with Crippen molar-refractivity contribution in [2.75, 3.05) is 5.43 Å². The molecule has 0 aliphatic carbocycles. The molecule has 0 radical (unpaired) electrons. The molecule has 0 saturated carbocycles. The molecule has 1 N–H and O–H groups in total. The van der Waals surface area contributed by atoms with E-state index in [-0.39, 0.29) is 5.56 Å². The van der Waals surface area contributed by atoms with E-state index in [1.54, 1.807) is 37.4 Å². The van der Waals surface area contributed by atoms with Crippen LogP contribution in [0.15, 0.2) is 57.1 Å². The number of nitrogens with zero attached hydrogens (tertiary/aromatic N) is 3. The predicted molar refractivity (Wildman–Crippen MR) is 114 cm³/mol. The Morgan fingerprint density at radius 2 is 1.96 bits per heavy atom. The lowest BCUT2D eigenvalue weighted by molar-refractivity contribution is 0.100. The first-order valence-electron chi connectivity index (χ1n) is 8.46. The van der Waals surface area contributed by atoms with E-state index < -0.39 is 5.91 Å². The van der Waals surface area contributed by atoms with Crippen molar-refractivity contribution in [2.45, 2.75) is 13.8 Å². The van der Waals surface area contributed by atoms with Crippen molar-refractivity contribution in [3.8, 4) is 11.3 Å². The zero-order valence-corrected chi connectivity index (χ0v) is 17.5. The fourth-order valence-electron chi connectivity index (χ4n) is 2.92. The third-order valence-corrected chi connectivity index (χ3v) is 5.63. The molecule has 0 fully saturated rings. The highest BCUT2D eigenvalue weighted by Crippen LogP contribution is 2.22. The van der Waals surface area contributed by atoms with E-state index in [0.29, 0.717) is 27.3 Å². The number of hydrogen-bond donors (Lipinski definition) is 1. The molecule has 6 nitrogen and oxygen atoms in total. The first kappa shape index (κ1) is 18.5. The number of thiophene rings is 1. The van der Waals surface area contributed by atoms with Gasteiger partial charge < -0.3 is 0 Å². The van der Waals surface area contributed by atoms with Crippen molar-refractivity contribution in [2.24, 2.45) is 0 Å². The Kier molecular flexibility index (Phi) is 4.82. The minimum atomic E-state index is -0.410. The zero-order chi connectivity index (χ0) is 19.8. The number of aromatic nitrogens is 3. The molecular weight excluding hydrogens is 440 g/mol. The highest BCUT2D eigenvalue weighted by Gasteiger charge is 2.15. The van der Waals surface area contributed by atoms with Crippen LogP contribution in [0.2, 0.25) is 0 Å². The number of rotatable bonds is 3. The average molecular weight is 455 g/mol. The number of hydrogen-bond acceptors (Lipinski definition) is 5. The largest absolute Gasteiger partial charge is 0.281 e. The lowest BCUT2D eigenvalue weighted by Crippen LogP contribution is -2.35. The number of aryl methyl sites for hydroxylation is 2. The van der Waals surface area contributed by atoms with Crippen LogP contribution >= 0.6 is 27.3 Å². The monoisotopic (exact) mass is 454 g/mol. The summed E-state index contributed by atoms with van der Waals surface area (Å²) in [5, 5.41) is 2.29. The second-order valence-corrected chi connectivity index (χ2v) is 8.03. The summed E-state index contributed by atoms with van der Waals surface area (Å²) < 4.78 is 2.14. The van der Waals surface area contributed by atoms with E-state index in [2.05, 4.69) is 31.3 Å². The molecule has 140 valence electrons. The fourth-order valence-corrected chi connectivity index (χ4v) is 4.12. The SMILES string of the molecule is Cc1nc(-c2cccc(Br)c2)ccc1C(=O)Nn1c(C)nc2sccc2c1=O. The molecule has 3 heterocycles. The quantitative estimate of drug-likeness (QED) is 0.500. The number of halogens is 1. The van der Waals surface area contributed by atoms with Crippen LogP contribution in [0.5, 0.6) is 0 Å². The van der Waals surface area contributed by atoms with Gasteiger partial charge in [0.2, 0.25) is 0 Å². The lowest BCUT2D eigenvalue weighted by atomic mass is 10.1. The molecule has 0 saturated heterocycles. The summed E-state index contributed by atoms with van der Waals surface area (Å²) in [5.74, 6) is 0.0111. The van der Waals surface area contributed by atoms with Gasteiger partial charge in [-0.1, -0.05) is 28.1 Å². The van der Waals surface area contributed by atoms with Gasteiger partial charge in [-0.15, -0.1) is 11.3 Å². The first-order valence-corrected chi connectivity index (χ1v) is 10.1. The number of amides is 1. The number of carbonyl (C=O) groups excluding carboxylic acids is 1. The lowest BCUT2D eigenvalue weighted by Gasteiger charge is -2.12. The van der Waals surface area contributed by atoms with Crippen molar-refractivity contribution < 1.29 is 4.79 Å². The van der Waals surface area contributed by atoms with Crippen LogP contribution in [0.4, 0.5) is 0 Å². The predicted octanol–water partition coefficient (Wildman–Crippen LogP) is 4.28. The molecular formula is C20H15BrN4O2S. The highest BCUT2D eigenvalue weighted by atomic mass is 79.9. The van der Waals surface area contributed by atoms with Crippen LogP contribution in [0.3, 0.4) is 0 Å². The van der Waals surface area contributed by atoms with Gasteiger partial charge in [0.25, 0.3) is 11.5 Å². The van der Waals surface area contributed by atoms with Crippen LogP contribution in [-0.2, 0) is 0 Å². The Bertz CT molecular complexity index is 1280. The molecule has 1 amide bonds. The van der Waals surface area contributed by atoms with Gasteiger partial charge in [-0.3, -0.25) is 20.0 Å².